The number of nitrogens with one attached hydrogen (secondary N) is 1. The molecular weight excluding hydrogens is 166 g/mol. The van der Waals surface area contributed by atoms with Crippen LogP contribution in [0.2, 0.25) is 0 Å². The van der Waals surface area contributed by atoms with Crippen molar-refractivity contribution in [1.29, 1.82) is 0 Å². The van der Waals surface area contributed by atoms with Gasteiger partial charge in [-0.25, -0.2) is 0 Å². The molecule has 0 amide bonds. The average Bonchev–Trinajstić information content (AvgIpc) is 2.84. The lowest BCUT2D eigenvalue weighted by Crippen LogP contribution is -2.01. The van der Waals surface area contributed by atoms with Gasteiger partial charge < -0.3 is 9.84 Å². The molecule has 4 nitrogen and oxygen atoms in total. The molecule has 0 bridgehead atoms. The Balaban J connectivity index is 1.61. The molecule has 1 aliphatic carbocycles. The van der Waals surface area contributed by atoms with Gasteiger partial charge in [0.25, 0.3) is 0 Å². The monoisotopic (exact) mass is 181 g/mol. The maximum atomic E-state index is 4.91. The van der Waals surface area contributed by atoms with Crippen molar-refractivity contribution in [3.63, 3.8) is 0 Å². The van der Waals surface area contributed by atoms with E-state index in [-0.39, 0.29) is 0 Å². The topological polar surface area (TPSA) is 51.0 Å². The van der Waals surface area contributed by atoms with Crippen molar-refractivity contribution in [3.05, 3.63) is 5.82 Å². The molecule has 13 heavy (non-hydrogen) atoms. The van der Waals surface area contributed by atoms with E-state index in [0.29, 0.717) is 11.8 Å². The molecule has 0 aromatic carbocycles. The van der Waals surface area contributed by atoms with E-state index in [1.165, 1.54) is 25.7 Å². The van der Waals surface area contributed by atoms with Crippen LogP contribution in [-0.4, -0.2) is 16.7 Å². The van der Waals surface area contributed by atoms with E-state index in [1.807, 2.05) is 6.92 Å². The summed E-state index contributed by atoms with van der Waals surface area (Å²) < 4.78 is 4.91. The first-order chi connectivity index (χ1) is 6.34. The third-order valence-electron chi connectivity index (χ3n) is 2.29. The van der Waals surface area contributed by atoms with Gasteiger partial charge in [0.05, 0.1) is 0 Å². The summed E-state index contributed by atoms with van der Waals surface area (Å²) in [7, 11) is 0. The van der Waals surface area contributed by atoms with Gasteiger partial charge in [0.15, 0.2) is 5.82 Å². The lowest BCUT2D eigenvalue weighted by molar-refractivity contribution is 0.425. The molecule has 1 aliphatic rings. The second-order valence-corrected chi connectivity index (χ2v) is 3.66. The van der Waals surface area contributed by atoms with Gasteiger partial charge in [-0.05, 0) is 25.7 Å². The lowest BCUT2D eigenvalue weighted by atomic mass is 10.2. The van der Waals surface area contributed by atoms with Crippen molar-refractivity contribution >= 4 is 6.01 Å². The molecule has 1 N–H and O–H groups in total. The van der Waals surface area contributed by atoms with Crippen molar-refractivity contribution in [2.45, 2.75) is 32.6 Å². The Morgan fingerprint density at radius 3 is 3.00 bits per heavy atom. The third kappa shape index (κ3) is 2.72. The minimum Gasteiger partial charge on any atom is -0.338 e. The summed E-state index contributed by atoms with van der Waals surface area (Å²) in [6.07, 6.45) is 5.39. The van der Waals surface area contributed by atoms with Crippen LogP contribution < -0.4 is 5.32 Å². The van der Waals surface area contributed by atoms with Crippen LogP contribution in [0.15, 0.2) is 4.52 Å². The number of aromatic nitrogens is 2. The summed E-state index contributed by atoms with van der Waals surface area (Å²) in [6.45, 7) is 2.76. The molecule has 4 heteroatoms. The first-order valence-corrected chi connectivity index (χ1v) is 4.89. The quantitative estimate of drug-likeness (QED) is 0.706. The first kappa shape index (κ1) is 8.53. The van der Waals surface area contributed by atoms with Gasteiger partial charge in [0.2, 0.25) is 0 Å². The van der Waals surface area contributed by atoms with Crippen LogP contribution in [0.25, 0.3) is 0 Å². The first-order valence-electron chi connectivity index (χ1n) is 4.89. The predicted molar refractivity (Wildman–Crippen MR) is 49.5 cm³/mol. The van der Waals surface area contributed by atoms with E-state index >= 15 is 0 Å². The van der Waals surface area contributed by atoms with Crippen molar-refractivity contribution in [1.82, 2.24) is 10.1 Å². The van der Waals surface area contributed by atoms with E-state index in [4.69, 9.17) is 4.52 Å². The second kappa shape index (κ2) is 3.77. The van der Waals surface area contributed by atoms with Gasteiger partial charge in [-0.3, -0.25) is 0 Å². The van der Waals surface area contributed by atoms with Crippen molar-refractivity contribution in [2.24, 2.45) is 5.92 Å². The Morgan fingerprint density at radius 2 is 2.38 bits per heavy atom. The maximum absolute atomic E-state index is 4.91. The normalized spacial score (nSPS) is 16.1. The summed E-state index contributed by atoms with van der Waals surface area (Å²) in [5.41, 5.74) is 0. The fourth-order valence-electron chi connectivity index (χ4n) is 1.36. The Hall–Kier alpha value is -1.06. The van der Waals surface area contributed by atoms with Crippen molar-refractivity contribution in [3.8, 4) is 0 Å². The Kier molecular flexibility index (Phi) is 2.47. The molecule has 72 valence electrons. The summed E-state index contributed by atoms with van der Waals surface area (Å²) in [5, 5.41) is 6.80. The molecule has 1 heterocycles. The van der Waals surface area contributed by atoms with Gasteiger partial charge in [-0.1, -0.05) is 18.0 Å². The molecule has 1 saturated carbocycles. The fraction of sp³-hybridized carbons (Fsp3) is 0.778. The molecule has 0 aliphatic heterocycles. The van der Waals surface area contributed by atoms with Crippen LogP contribution >= 0.6 is 0 Å². The zero-order valence-electron chi connectivity index (χ0n) is 7.92. The standard InChI is InChI=1S/C9H15N3O/c1-7-11-9(13-12-7)10-6-2-3-8-4-5-8/h8H,2-6H2,1H3,(H,10,11,12). The Morgan fingerprint density at radius 1 is 1.54 bits per heavy atom. The van der Waals surface area contributed by atoms with Gasteiger partial charge in [-0.2, -0.15) is 4.98 Å². The predicted octanol–water partition coefficient (Wildman–Crippen LogP) is 1.98. The highest BCUT2D eigenvalue weighted by Gasteiger charge is 2.19. The van der Waals surface area contributed by atoms with Crippen molar-refractivity contribution < 1.29 is 4.52 Å². The second-order valence-electron chi connectivity index (χ2n) is 3.66. The molecule has 1 aromatic rings. The van der Waals surface area contributed by atoms with Crippen LogP contribution in [0.4, 0.5) is 6.01 Å². The van der Waals surface area contributed by atoms with E-state index in [1.54, 1.807) is 0 Å². The van der Waals surface area contributed by atoms with Gasteiger partial charge >= 0.3 is 6.01 Å². The fourth-order valence-corrected chi connectivity index (χ4v) is 1.36. The van der Waals surface area contributed by atoms with Crippen LogP contribution in [0.5, 0.6) is 0 Å². The maximum Gasteiger partial charge on any atom is 0.321 e. The highest BCUT2D eigenvalue weighted by molar-refractivity contribution is 5.17. The number of hydrogen-bond acceptors (Lipinski definition) is 4. The lowest BCUT2D eigenvalue weighted by Gasteiger charge is -1.98. The largest absolute Gasteiger partial charge is 0.338 e. The molecule has 0 saturated heterocycles. The minimum atomic E-state index is 0.549. The van der Waals surface area contributed by atoms with Crippen LogP contribution in [0.1, 0.15) is 31.5 Å². The molecule has 0 radical (unpaired) electrons. The molecule has 0 spiro atoms. The number of anilines is 1. The molecule has 1 aromatic heterocycles. The zero-order valence-corrected chi connectivity index (χ0v) is 7.92. The van der Waals surface area contributed by atoms with Crippen LogP contribution in [0, 0.1) is 12.8 Å². The SMILES string of the molecule is Cc1noc(NCCCC2CC2)n1. The molecule has 0 unspecified atom stereocenters. The summed E-state index contributed by atoms with van der Waals surface area (Å²) >= 11 is 0. The Labute approximate surface area is 77.7 Å². The molecule has 1 fully saturated rings. The average molecular weight is 181 g/mol. The van der Waals surface area contributed by atoms with Crippen LogP contribution in [0.3, 0.4) is 0 Å². The number of rotatable bonds is 5. The van der Waals surface area contributed by atoms with E-state index < -0.39 is 0 Å². The highest BCUT2D eigenvalue weighted by Crippen LogP contribution is 2.33. The number of aryl methyl sites for hydroxylation is 1. The third-order valence-corrected chi connectivity index (χ3v) is 2.29. The number of hydrogen-bond donors (Lipinski definition) is 1. The van der Waals surface area contributed by atoms with E-state index in [2.05, 4.69) is 15.5 Å². The van der Waals surface area contributed by atoms with Crippen LogP contribution in [-0.2, 0) is 0 Å². The molecule has 2 rings (SSSR count). The summed E-state index contributed by atoms with van der Waals surface area (Å²) in [4.78, 5) is 4.05. The molecule has 0 atom stereocenters. The minimum absolute atomic E-state index is 0.549. The Bertz CT molecular complexity index is 268. The summed E-state index contributed by atoms with van der Waals surface area (Å²) in [5.74, 6) is 1.69. The summed E-state index contributed by atoms with van der Waals surface area (Å²) in [6, 6.07) is 0.549. The highest BCUT2D eigenvalue weighted by atomic mass is 16.5. The number of nitrogens with zero attached hydrogens (tertiary/aromatic N) is 2. The smallest absolute Gasteiger partial charge is 0.321 e. The van der Waals surface area contributed by atoms with E-state index in [0.717, 1.165) is 12.5 Å². The zero-order chi connectivity index (χ0) is 9.10. The van der Waals surface area contributed by atoms with Gasteiger partial charge in [0, 0.05) is 6.54 Å². The van der Waals surface area contributed by atoms with Gasteiger partial charge in [-0.15, -0.1) is 0 Å². The van der Waals surface area contributed by atoms with Crippen molar-refractivity contribution in [2.75, 3.05) is 11.9 Å². The van der Waals surface area contributed by atoms with Gasteiger partial charge in [0.1, 0.15) is 0 Å². The van der Waals surface area contributed by atoms with E-state index in [9.17, 15) is 0 Å². The molecular formula is C9H15N3O.